The van der Waals surface area contributed by atoms with E-state index in [2.05, 4.69) is 0 Å². The van der Waals surface area contributed by atoms with Crippen LogP contribution in [0.15, 0.2) is 60.7 Å². The number of carbonyl (C=O) groups excluding carboxylic acids is 2. The van der Waals surface area contributed by atoms with E-state index in [4.69, 9.17) is 14.2 Å². The van der Waals surface area contributed by atoms with Gasteiger partial charge in [-0.2, -0.15) is 0 Å². The van der Waals surface area contributed by atoms with E-state index < -0.39 is 12.1 Å². The summed E-state index contributed by atoms with van der Waals surface area (Å²) in [5, 5.41) is 0. The molecule has 0 spiro atoms. The Kier molecular flexibility index (Phi) is 6.83. The molecule has 5 heteroatoms. The lowest BCUT2D eigenvalue weighted by molar-refractivity contribution is -0.153. The van der Waals surface area contributed by atoms with Crippen LogP contribution in [0.25, 0.3) is 0 Å². The first-order valence-corrected chi connectivity index (χ1v) is 7.68. The van der Waals surface area contributed by atoms with E-state index in [-0.39, 0.29) is 25.4 Å². The van der Waals surface area contributed by atoms with Gasteiger partial charge in [-0.05, 0) is 31.2 Å². The summed E-state index contributed by atoms with van der Waals surface area (Å²) in [7, 11) is 0. The number of rotatable bonds is 9. The molecule has 0 bridgehead atoms. The standard InChI is InChI=1S/C19H20O5/c1-15(20)12-19(21)24-18(13-22-16-8-4-2-5-9-16)14-23-17-10-6-3-7-11-17/h2-11,18H,12-14H2,1H3. The van der Waals surface area contributed by atoms with Crippen molar-refractivity contribution >= 4 is 11.8 Å². The molecule has 2 rings (SSSR count). The van der Waals surface area contributed by atoms with E-state index in [0.717, 1.165) is 0 Å². The van der Waals surface area contributed by atoms with Gasteiger partial charge in [-0.1, -0.05) is 36.4 Å². The van der Waals surface area contributed by atoms with Gasteiger partial charge in [0.15, 0.2) is 6.10 Å². The van der Waals surface area contributed by atoms with Crippen LogP contribution >= 0.6 is 0 Å². The quantitative estimate of drug-likeness (QED) is 0.523. The number of hydrogen-bond acceptors (Lipinski definition) is 5. The van der Waals surface area contributed by atoms with Gasteiger partial charge < -0.3 is 14.2 Å². The van der Waals surface area contributed by atoms with Crippen LogP contribution in [0.5, 0.6) is 11.5 Å². The predicted octanol–water partition coefficient (Wildman–Crippen LogP) is 3.04. The van der Waals surface area contributed by atoms with Crippen molar-refractivity contribution in [1.29, 1.82) is 0 Å². The van der Waals surface area contributed by atoms with E-state index in [1.54, 1.807) is 0 Å². The second kappa shape index (κ2) is 9.35. The molecule has 0 aliphatic rings. The average molecular weight is 328 g/mol. The third-order valence-corrected chi connectivity index (χ3v) is 3.05. The zero-order chi connectivity index (χ0) is 17.2. The molecule has 0 saturated carbocycles. The average Bonchev–Trinajstić information content (AvgIpc) is 2.58. The number of benzene rings is 2. The summed E-state index contributed by atoms with van der Waals surface area (Å²) in [6.07, 6.45) is -0.870. The van der Waals surface area contributed by atoms with Crippen LogP contribution in [-0.4, -0.2) is 31.1 Å². The number of esters is 1. The Balaban J connectivity index is 1.92. The fraction of sp³-hybridized carbons (Fsp3) is 0.263. The van der Waals surface area contributed by atoms with Gasteiger partial charge in [0.1, 0.15) is 36.9 Å². The summed E-state index contributed by atoms with van der Waals surface area (Å²) in [5.41, 5.74) is 0. The van der Waals surface area contributed by atoms with Crippen molar-refractivity contribution in [2.24, 2.45) is 0 Å². The zero-order valence-electron chi connectivity index (χ0n) is 13.5. The van der Waals surface area contributed by atoms with Crippen molar-refractivity contribution in [2.75, 3.05) is 13.2 Å². The molecule has 5 nitrogen and oxygen atoms in total. The molecule has 0 fully saturated rings. The number of Topliss-reactive ketones (excluding diaryl/α,β-unsaturated/α-hetero) is 1. The first kappa shape index (κ1) is 17.5. The number of ether oxygens (including phenoxy) is 3. The Hall–Kier alpha value is -2.82. The maximum atomic E-state index is 11.7. The Morgan fingerprint density at radius 2 is 1.29 bits per heavy atom. The van der Waals surface area contributed by atoms with Crippen molar-refractivity contribution in [3.63, 3.8) is 0 Å². The van der Waals surface area contributed by atoms with Gasteiger partial charge in [0.25, 0.3) is 0 Å². The van der Waals surface area contributed by atoms with Crippen LogP contribution in [-0.2, 0) is 14.3 Å². The highest BCUT2D eigenvalue weighted by Gasteiger charge is 2.18. The molecule has 0 saturated heterocycles. The second-order valence-electron chi connectivity index (χ2n) is 5.24. The lowest BCUT2D eigenvalue weighted by atomic mass is 10.3. The third kappa shape index (κ3) is 6.52. The summed E-state index contributed by atoms with van der Waals surface area (Å²) in [6, 6.07) is 18.4. The molecule has 0 radical (unpaired) electrons. The van der Waals surface area contributed by atoms with Gasteiger partial charge in [-0.15, -0.1) is 0 Å². The van der Waals surface area contributed by atoms with Crippen LogP contribution in [0.2, 0.25) is 0 Å². The van der Waals surface area contributed by atoms with Crippen molar-refractivity contribution in [2.45, 2.75) is 19.4 Å². The maximum absolute atomic E-state index is 11.7. The smallest absolute Gasteiger partial charge is 0.313 e. The van der Waals surface area contributed by atoms with E-state index in [1.807, 2.05) is 60.7 Å². The van der Waals surface area contributed by atoms with Gasteiger partial charge in [0, 0.05) is 0 Å². The van der Waals surface area contributed by atoms with Gasteiger partial charge in [0.2, 0.25) is 0 Å². The molecule has 24 heavy (non-hydrogen) atoms. The second-order valence-corrected chi connectivity index (χ2v) is 5.24. The fourth-order valence-electron chi connectivity index (χ4n) is 1.96. The number of para-hydroxylation sites is 2. The molecule has 0 aliphatic heterocycles. The van der Waals surface area contributed by atoms with Crippen molar-refractivity contribution in [3.8, 4) is 11.5 Å². The topological polar surface area (TPSA) is 61.8 Å². The molecule has 126 valence electrons. The predicted molar refractivity (Wildman–Crippen MR) is 89.1 cm³/mol. The summed E-state index contributed by atoms with van der Waals surface area (Å²) < 4.78 is 16.5. The first-order chi connectivity index (χ1) is 11.6. The van der Waals surface area contributed by atoms with Crippen molar-refractivity contribution in [3.05, 3.63) is 60.7 Å². The van der Waals surface area contributed by atoms with E-state index in [1.165, 1.54) is 6.92 Å². The van der Waals surface area contributed by atoms with Crippen LogP contribution in [0.4, 0.5) is 0 Å². The summed E-state index contributed by atoms with van der Waals surface area (Å²) in [5.74, 6) is 0.516. The molecular weight excluding hydrogens is 308 g/mol. The molecule has 0 amide bonds. The summed E-state index contributed by atoms with van der Waals surface area (Å²) in [6.45, 7) is 1.62. The maximum Gasteiger partial charge on any atom is 0.313 e. The van der Waals surface area contributed by atoms with Crippen LogP contribution < -0.4 is 9.47 Å². The molecule has 0 aromatic heterocycles. The molecule has 0 heterocycles. The number of ketones is 1. The van der Waals surface area contributed by atoms with Gasteiger partial charge in [-0.25, -0.2) is 0 Å². The molecule has 2 aromatic rings. The van der Waals surface area contributed by atoms with Gasteiger partial charge in [-0.3, -0.25) is 9.59 Å². The Morgan fingerprint density at radius 1 is 0.833 bits per heavy atom. The van der Waals surface area contributed by atoms with Crippen molar-refractivity contribution < 1.29 is 23.8 Å². The van der Waals surface area contributed by atoms with Crippen LogP contribution in [0, 0.1) is 0 Å². The molecule has 0 N–H and O–H groups in total. The summed E-state index contributed by atoms with van der Waals surface area (Å²) in [4.78, 5) is 22.8. The van der Waals surface area contributed by atoms with Crippen LogP contribution in [0.1, 0.15) is 13.3 Å². The lowest BCUT2D eigenvalue weighted by Crippen LogP contribution is -2.31. The zero-order valence-corrected chi connectivity index (χ0v) is 13.5. The Bertz CT molecular complexity index is 596. The largest absolute Gasteiger partial charge is 0.490 e. The fourth-order valence-corrected chi connectivity index (χ4v) is 1.96. The SMILES string of the molecule is CC(=O)CC(=O)OC(COc1ccccc1)COc1ccccc1. The summed E-state index contributed by atoms with van der Waals surface area (Å²) >= 11 is 0. The van der Waals surface area contributed by atoms with E-state index in [0.29, 0.717) is 11.5 Å². The minimum Gasteiger partial charge on any atom is -0.490 e. The van der Waals surface area contributed by atoms with Crippen molar-refractivity contribution in [1.82, 2.24) is 0 Å². The minimum absolute atomic E-state index is 0.139. The molecule has 2 aromatic carbocycles. The molecule has 0 unspecified atom stereocenters. The third-order valence-electron chi connectivity index (χ3n) is 3.05. The van der Waals surface area contributed by atoms with Crippen LogP contribution in [0.3, 0.4) is 0 Å². The van der Waals surface area contributed by atoms with Gasteiger partial charge in [0.05, 0.1) is 0 Å². The van der Waals surface area contributed by atoms with E-state index in [9.17, 15) is 9.59 Å². The minimum atomic E-state index is -0.614. The molecule has 0 aliphatic carbocycles. The lowest BCUT2D eigenvalue weighted by Gasteiger charge is -2.19. The number of hydrogen-bond donors (Lipinski definition) is 0. The Morgan fingerprint density at radius 3 is 1.71 bits per heavy atom. The highest BCUT2D eigenvalue weighted by atomic mass is 16.6. The van der Waals surface area contributed by atoms with Gasteiger partial charge >= 0.3 is 5.97 Å². The monoisotopic (exact) mass is 328 g/mol. The van der Waals surface area contributed by atoms with E-state index >= 15 is 0 Å². The number of carbonyl (C=O) groups is 2. The highest BCUT2D eigenvalue weighted by molar-refractivity contribution is 5.94. The molecule has 0 atom stereocenters. The molecular formula is C19H20O5. The first-order valence-electron chi connectivity index (χ1n) is 7.68. The Labute approximate surface area is 141 Å². The highest BCUT2D eigenvalue weighted by Crippen LogP contribution is 2.12. The normalized spacial score (nSPS) is 10.2.